The van der Waals surface area contributed by atoms with E-state index in [1.165, 1.54) is 25.9 Å². The molecule has 0 amide bonds. The molecule has 1 N–H and O–H groups in total. The van der Waals surface area contributed by atoms with Crippen LogP contribution in [-0.4, -0.2) is 38.2 Å². The number of rotatable bonds is 6. The average molecular weight is 259 g/mol. The van der Waals surface area contributed by atoms with Crippen molar-refractivity contribution in [3.8, 4) is 11.8 Å². The molecule has 1 fully saturated rings. The van der Waals surface area contributed by atoms with Crippen LogP contribution in [-0.2, 0) is 6.54 Å². The van der Waals surface area contributed by atoms with Crippen LogP contribution in [0.15, 0.2) is 18.2 Å². The van der Waals surface area contributed by atoms with Crippen LogP contribution in [0.25, 0.3) is 0 Å². The van der Waals surface area contributed by atoms with Gasteiger partial charge in [0, 0.05) is 19.6 Å². The summed E-state index contributed by atoms with van der Waals surface area (Å²) in [6.07, 6.45) is 2.67. The summed E-state index contributed by atoms with van der Waals surface area (Å²) in [6.45, 7) is 5.38. The Bertz CT molecular complexity index is 447. The average Bonchev–Trinajstić information content (AvgIpc) is 2.96. The second-order valence-corrected chi connectivity index (χ2v) is 4.87. The third-order valence-corrected chi connectivity index (χ3v) is 3.52. The largest absolute Gasteiger partial charge is 0.495 e. The molecule has 4 nitrogen and oxygen atoms in total. The molecule has 1 aliphatic rings. The zero-order valence-corrected chi connectivity index (χ0v) is 11.5. The number of nitriles is 1. The molecule has 0 aromatic heterocycles. The molecule has 1 aromatic rings. The summed E-state index contributed by atoms with van der Waals surface area (Å²) in [5.41, 5.74) is 1.72. The fourth-order valence-corrected chi connectivity index (χ4v) is 2.43. The van der Waals surface area contributed by atoms with Gasteiger partial charge in [0.05, 0.1) is 12.7 Å². The maximum Gasteiger partial charge on any atom is 0.136 e. The lowest BCUT2D eigenvalue weighted by atomic mass is 10.1. The molecular formula is C15H21N3O. The number of nitrogens with one attached hydrogen (secondary N) is 1. The molecule has 0 aliphatic carbocycles. The van der Waals surface area contributed by atoms with Crippen molar-refractivity contribution in [2.75, 3.05) is 33.3 Å². The minimum Gasteiger partial charge on any atom is -0.495 e. The predicted molar refractivity (Wildman–Crippen MR) is 75.1 cm³/mol. The lowest BCUT2D eigenvalue weighted by Crippen LogP contribution is -2.29. The van der Waals surface area contributed by atoms with E-state index < -0.39 is 0 Å². The van der Waals surface area contributed by atoms with E-state index in [0.29, 0.717) is 11.3 Å². The minimum absolute atomic E-state index is 0.598. The van der Waals surface area contributed by atoms with E-state index in [1.807, 2.05) is 18.2 Å². The van der Waals surface area contributed by atoms with E-state index in [2.05, 4.69) is 16.3 Å². The van der Waals surface area contributed by atoms with Crippen LogP contribution < -0.4 is 10.1 Å². The zero-order valence-electron chi connectivity index (χ0n) is 11.5. The van der Waals surface area contributed by atoms with Crippen LogP contribution in [0.4, 0.5) is 0 Å². The van der Waals surface area contributed by atoms with Crippen molar-refractivity contribution >= 4 is 0 Å². The Morgan fingerprint density at radius 2 is 2.16 bits per heavy atom. The van der Waals surface area contributed by atoms with Crippen LogP contribution in [0.3, 0.4) is 0 Å². The van der Waals surface area contributed by atoms with Gasteiger partial charge in [-0.3, -0.25) is 0 Å². The Morgan fingerprint density at radius 3 is 2.84 bits per heavy atom. The van der Waals surface area contributed by atoms with Crippen LogP contribution in [0.1, 0.15) is 24.0 Å². The van der Waals surface area contributed by atoms with Crippen molar-refractivity contribution in [3.63, 3.8) is 0 Å². The van der Waals surface area contributed by atoms with Crippen molar-refractivity contribution in [1.29, 1.82) is 5.26 Å². The molecule has 102 valence electrons. The Morgan fingerprint density at radius 1 is 1.37 bits per heavy atom. The number of hydrogen-bond acceptors (Lipinski definition) is 4. The number of ether oxygens (including phenoxy) is 1. The Hall–Kier alpha value is -1.57. The number of methoxy groups -OCH3 is 1. The SMILES string of the molecule is COc1ccc(CNCCN2CCCC2)cc1C#N. The molecule has 19 heavy (non-hydrogen) atoms. The Balaban J connectivity index is 1.77. The third kappa shape index (κ3) is 3.95. The van der Waals surface area contributed by atoms with Gasteiger partial charge in [-0.05, 0) is 43.6 Å². The summed E-state index contributed by atoms with van der Waals surface area (Å²) in [5.74, 6) is 0.642. The van der Waals surface area contributed by atoms with Crippen LogP contribution >= 0.6 is 0 Å². The number of hydrogen-bond donors (Lipinski definition) is 1. The van der Waals surface area contributed by atoms with Gasteiger partial charge in [0.15, 0.2) is 0 Å². The molecule has 0 spiro atoms. The molecule has 1 aliphatic heterocycles. The lowest BCUT2D eigenvalue weighted by molar-refractivity contribution is 0.335. The lowest BCUT2D eigenvalue weighted by Gasteiger charge is -2.14. The van der Waals surface area contributed by atoms with Gasteiger partial charge in [-0.2, -0.15) is 5.26 Å². The first-order valence-corrected chi connectivity index (χ1v) is 6.83. The molecule has 0 atom stereocenters. The molecule has 0 unspecified atom stereocenters. The highest BCUT2D eigenvalue weighted by molar-refractivity contribution is 5.45. The fourth-order valence-electron chi connectivity index (χ4n) is 2.43. The highest BCUT2D eigenvalue weighted by Gasteiger charge is 2.10. The smallest absolute Gasteiger partial charge is 0.136 e. The number of benzene rings is 1. The van der Waals surface area contributed by atoms with E-state index in [0.717, 1.165) is 25.2 Å². The maximum atomic E-state index is 9.03. The van der Waals surface area contributed by atoms with Crippen molar-refractivity contribution in [2.45, 2.75) is 19.4 Å². The normalized spacial score (nSPS) is 15.4. The van der Waals surface area contributed by atoms with Crippen molar-refractivity contribution in [2.24, 2.45) is 0 Å². The molecular weight excluding hydrogens is 238 g/mol. The van der Waals surface area contributed by atoms with Crippen LogP contribution in [0.2, 0.25) is 0 Å². The Labute approximate surface area is 115 Å². The second-order valence-electron chi connectivity index (χ2n) is 4.87. The fraction of sp³-hybridized carbons (Fsp3) is 0.533. The predicted octanol–water partition coefficient (Wildman–Crippen LogP) is 1.75. The van der Waals surface area contributed by atoms with Gasteiger partial charge >= 0.3 is 0 Å². The number of nitrogens with zero attached hydrogens (tertiary/aromatic N) is 2. The molecule has 1 heterocycles. The Kier molecular flexibility index (Phi) is 5.20. The van der Waals surface area contributed by atoms with E-state index >= 15 is 0 Å². The molecule has 0 saturated carbocycles. The van der Waals surface area contributed by atoms with Crippen molar-refractivity contribution in [3.05, 3.63) is 29.3 Å². The summed E-state index contributed by atoms with van der Waals surface area (Å²) < 4.78 is 5.13. The van der Waals surface area contributed by atoms with Crippen LogP contribution in [0.5, 0.6) is 5.75 Å². The summed E-state index contributed by atoms with van der Waals surface area (Å²) >= 11 is 0. The maximum absolute atomic E-state index is 9.03. The van der Waals surface area contributed by atoms with Gasteiger partial charge in [-0.25, -0.2) is 0 Å². The third-order valence-electron chi connectivity index (χ3n) is 3.52. The van der Waals surface area contributed by atoms with Crippen LogP contribution in [0, 0.1) is 11.3 Å². The van der Waals surface area contributed by atoms with Gasteiger partial charge in [0.2, 0.25) is 0 Å². The summed E-state index contributed by atoms with van der Waals surface area (Å²) in [5, 5.41) is 12.5. The van der Waals surface area contributed by atoms with E-state index in [1.54, 1.807) is 7.11 Å². The molecule has 2 rings (SSSR count). The second kappa shape index (κ2) is 7.13. The van der Waals surface area contributed by atoms with Gasteiger partial charge < -0.3 is 15.0 Å². The van der Waals surface area contributed by atoms with Gasteiger partial charge in [0.25, 0.3) is 0 Å². The number of likely N-dealkylation sites (tertiary alicyclic amines) is 1. The topological polar surface area (TPSA) is 48.3 Å². The van der Waals surface area contributed by atoms with E-state index in [9.17, 15) is 0 Å². The van der Waals surface area contributed by atoms with Crippen molar-refractivity contribution < 1.29 is 4.74 Å². The molecule has 1 saturated heterocycles. The molecule has 0 bridgehead atoms. The minimum atomic E-state index is 0.598. The summed E-state index contributed by atoms with van der Waals surface area (Å²) in [4.78, 5) is 2.49. The van der Waals surface area contributed by atoms with Crippen molar-refractivity contribution in [1.82, 2.24) is 10.2 Å². The van der Waals surface area contributed by atoms with E-state index in [-0.39, 0.29) is 0 Å². The van der Waals surface area contributed by atoms with Gasteiger partial charge in [0.1, 0.15) is 11.8 Å². The van der Waals surface area contributed by atoms with E-state index in [4.69, 9.17) is 10.00 Å². The highest BCUT2D eigenvalue weighted by atomic mass is 16.5. The first-order valence-electron chi connectivity index (χ1n) is 6.83. The first-order chi connectivity index (χ1) is 9.33. The highest BCUT2D eigenvalue weighted by Crippen LogP contribution is 2.18. The standard InChI is InChI=1S/C15H21N3O/c1-19-15-5-4-13(10-14(15)11-16)12-17-6-9-18-7-2-3-8-18/h4-5,10,17H,2-3,6-9,12H2,1H3. The summed E-state index contributed by atoms with van der Waals surface area (Å²) in [7, 11) is 1.59. The van der Waals surface area contributed by atoms with Gasteiger partial charge in [-0.15, -0.1) is 0 Å². The molecule has 4 heteroatoms. The molecule has 1 aromatic carbocycles. The quantitative estimate of drug-likeness (QED) is 0.791. The first kappa shape index (κ1) is 13.9. The molecule has 0 radical (unpaired) electrons. The monoisotopic (exact) mass is 259 g/mol. The summed E-state index contributed by atoms with van der Waals surface area (Å²) in [6, 6.07) is 7.91. The van der Waals surface area contributed by atoms with Gasteiger partial charge in [-0.1, -0.05) is 6.07 Å². The zero-order chi connectivity index (χ0) is 13.5.